The van der Waals surface area contributed by atoms with E-state index < -0.39 is 5.60 Å². The van der Waals surface area contributed by atoms with Crippen LogP contribution in [0.5, 0.6) is 11.5 Å². The van der Waals surface area contributed by atoms with Crippen molar-refractivity contribution in [3.05, 3.63) is 53.1 Å². The summed E-state index contributed by atoms with van der Waals surface area (Å²) in [6.45, 7) is 12.6. The van der Waals surface area contributed by atoms with E-state index >= 15 is 0 Å². The third kappa shape index (κ3) is 7.73. The number of benzene rings is 2. The van der Waals surface area contributed by atoms with Crippen molar-refractivity contribution in [3.8, 4) is 11.5 Å². The summed E-state index contributed by atoms with van der Waals surface area (Å²) in [5.41, 5.74) is 3.31. The van der Waals surface area contributed by atoms with Crippen LogP contribution in [0.15, 0.2) is 36.4 Å². The normalized spacial score (nSPS) is 14.1. The van der Waals surface area contributed by atoms with E-state index in [1.165, 1.54) is 0 Å². The van der Waals surface area contributed by atoms with Gasteiger partial charge in [-0.25, -0.2) is 0 Å². The Balaban J connectivity index is 1.82. The van der Waals surface area contributed by atoms with E-state index in [2.05, 4.69) is 57.3 Å². The van der Waals surface area contributed by atoms with Gasteiger partial charge in [0.05, 0.1) is 5.60 Å². The summed E-state index contributed by atoms with van der Waals surface area (Å²) in [6, 6.07) is 12.3. The minimum absolute atomic E-state index is 0.00755. The molecule has 0 spiro atoms. The molecule has 0 aromatic heterocycles. The molecule has 5 nitrogen and oxygen atoms in total. The summed E-state index contributed by atoms with van der Waals surface area (Å²) < 4.78 is 11.4. The number of carbonyl (C=O) groups is 1. The van der Waals surface area contributed by atoms with E-state index in [0.29, 0.717) is 12.8 Å². The quantitative estimate of drug-likeness (QED) is 0.336. The molecule has 3 rings (SSSR count). The zero-order chi connectivity index (χ0) is 25.6. The van der Waals surface area contributed by atoms with Gasteiger partial charge in [0, 0.05) is 17.7 Å². The molecule has 0 aliphatic carbocycles. The summed E-state index contributed by atoms with van der Waals surface area (Å²) in [7, 11) is 0. The minimum Gasteiger partial charge on any atom is -0.454 e. The predicted octanol–water partition coefficient (Wildman–Crippen LogP) is 7.11. The standard InChI is InChI=1S/C30H43NO4/c1-7-8-9-11-22(23-12-10-13-26-28(23)35-20-34-26)19-27(32)31-25-18-21(16-17-30(5,6)33)14-15-24(25)29(2,3)4/h10,12-15,18,22,33H,7-9,11,16-17,19-20H2,1-6H3,(H,31,32). The van der Waals surface area contributed by atoms with Crippen LogP contribution in [0.1, 0.15) is 103 Å². The second-order valence-electron chi connectivity index (χ2n) is 11.5. The van der Waals surface area contributed by atoms with Crippen LogP contribution in [0, 0.1) is 0 Å². The zero-order valence-corrected chi connectivity index (χ0v) is 22.4. The monoisotopic (exact) mass is 481 g/mol. The summed E-state index contributed by atoms with van der Waals surface area (Å²) in [4.78, 5) is 13.4. The number of aliphatic hydroxyl groups is 1. The summed E-state index contributed by atoms with van der Waals surface area (Å²) in [6.07, 6.45) is 6.08. The number of hydrogen-bond acceptors (Lipinski definition) is 4. The number of fused-ring (bicyclic) bond motifs is 1. The van der Waals surface area contributed by atoms with Gasteiger partial charge in [-0.2, -0.15) is 0 Å². The van der Waals surface area contributed by atoms with Crippen molar-refractivity contribution in [3.63, 3.8) is 0 Å². The lowest BCUT2D eigenvalue weighted by Crippen LogP contribution is -2.21. The number of anilines is 1. The molecule has 5 heteroatoms. The molecule has 1 unspecified atom stereocenters. The average Bonchev–Trinajstić information content (AvgIpc) is 3.25. The molecule has 2 aromatic carbocycles. The van der Waals surface area contributed by atoms with E-state index in [0.717, 1.165) is 66.0 Å². The van der Waals surface area contributed by atoms with E-state index in [-0.39, 0.29) is 24.0 Å². The molecule has 0 saturated heterocycles. The number of carbonyl (C=O) groups excluding carboxylic acids is 1. The maximum atomic E-state index is 13.4. The summed E-state index contributed by atoms with van der Waals surface area (Å²) in [5, 5.41) is 13.4. The lowest BCUT2D eigenvalue weighted by molar-refractivity contribution is -0.116. The topological polar surface area (TPSA) is 67.8 Å². The van der Waals surface area contributed by atoms with Crippen molar-refractivity contribution < 1.29 is 19.4 Å². The Morgan fingerprint density at radius 3 is 2.54 bits per heavy atom. The van der Waals surface area contributed by atoms with Gasteiger partial charge in [0.1, 0.15) is 0 Å². The molecular formula is C30H43NO4. The Morgan fingerprint density at radius 1 is 1.09 bits per heavy atom. The van der Waals surface area contributed by atoms with Crippen molar-refractivity contribution in [2.45, 2.75) is 103 Å². The van der Waals surface area contributed by atoms with Crippen LogP contribution in [-0.2, 0) is 16.6 Å². The molecule has 2 aromatic rings. The van der Waals surface area contributed by atoms with Gasteiger partial charge >= 0.3 is 0 Å². The van der Waals surface area contributed by atoms with E-state index in [1.807, 2.05) is 26.0 Å². The van der Waals surface area contributed by atoms with Gasteiger partial charge in [-0.1, -0.05) is 71.2 Å². The molecule has 1 aliphatic heterocycles. The Labute approximate surface area is 211 Å². The maximum absolute atomic E-state index is 13.4. The number of amides is 1. The predicted molar refractivity (Wildman–Crippen MR) is 142 cm³/mol. The Hall–Kier alpha value is -2.53. The Kier molecular flexibility index (Phi) is 8.87. The van der Waals surface area contributed by atoms with Crippen molar-refractivity contribution >= 4 is 11.6 Å². The van der Waals surface area contributed by atoms with Crippen molar-refractivity contribution in [2.75, 3.05) is 12.1 Å². The first-order valence-corrected chi connectivity index (χ1v) is 13.0. The molecule has 0 radical (unpaired) electrons. The lowest BCUT2D eigenvalue weighted by atomic mass is 9.84. The minimum atomic E-state index is -0.723. The fourth-order valence-electron chi connectivity index (χ4n) is 4.66. The molecule has 35 heavy (non-hydrogen) atoms. The third-order valence-electron chi connectivity index (χ3n) is 6.65. The molecule has 0 fully saturated rings. The van der Waals surface area contributed by atoms with Crippen LogP contribution < -0.4 is 14.8 Å². The highest BCUT2D eigenvalue weighted by molar-refractivity contribution is 5.92. The van der Waals surface area contributed by atoms with Crippen molar-refractivity contribution in [1.82, 2.24) is 0 Å². The second-order valence-corrected chi connectivity index (χ2v) is 11.5. The van der Waals surface area contributed by atoms with Gasteiger partial charge in [0.15, 0.2) is 11.5 Å². The van der Waals surface area contributed by atoms with E-state index in [1.54, 1.807) is 0 Å². The largest absolute Gasteiger partial charge is 0.454 e. The number of aryl methyl sites for hydroxylation is 1. The molecule has 1 aliphatic rings. The first-order valence-electron chi connectivity index (χ1n) is 13.0. The number of rotatable bonds is 11. The second kappa shape index (κ2) is 11.5. The zero-order valence-electron chi connectivity index (χ0n) is 22.4. The van der Waals surface area contributed by atoms with Gasteiger partial charge in [0.25, 0.3) is 0 Å². The smallest absolute Gasteiger partial charge is 0.231 e. The first-order chi connectivity index (χ1) is 16.5. The van der Waals surface area contributed by atoms with Gasteiger partial charge in [0.2, 0.25) is 12.7 Å². The van der Waals surface area contributed by atoms with Gasteiger partial charge < -0.3 is 19.9 Å². The Morgan fingerprint density at radius 2 is 1.86 bits per heavy atom. The number of para-hydroxylation sites is 1. The van der Waals surface area contributed by atoms with Crippen LogP contribution in [0.3, 0.4) is 0 Å². The molecule has 0 saturated carbocycles. The van der Waals surface area contributed by atoms with Crippen LogP contribution in [0.4, 0.5) is 5.69 Å². The highest BCUT2D eigenvalue weighted by Gasteiger charge is 2.26. The number of hydrogen-bond donors (Lipinski definition) is 2. The van der Waals surface area contributed by atoms with Crippen LogP contribution in [0.2, 0.25) is 0 Å². The fourth-order valence-corrected chi connectivity index (χ4v) is 4.66. The van der Waals surface area contributed by atoms with Gasteiger partial charge in [-0.3, -0.25) is 4.79 Å². The number of nitrogens with one attached hydrogen (secondary N) is 1. The summed E-state index contributed by atoms with van der Waals surface area (Å²) >= 11 is 0. The van der Waals surface area contributed by atoms with Crippen LogP contribution in [-0.4, -0.2) is 23.4 Å². The van der Waals surface area contributed by atoms with Gasteiger partial charge in [-0.05, 0) is 67.7 Å². The first kappa shape index (κ1) is 27.1. The maximum Gasteiger partial charge on any atom is 0.231 e. The summed E-state index contributed by atoms with van der Waals surface area (Å²) in [5.74, 6) is 1.62. The van der Waals surface area contributed by atoms with Crippen molar-refractivity contribution in [1.29, 1.82) is 0 Å². The molecule has 2 N–H and O–H groups in total. The Bertz CT molecular complexity index is 1000. The molecular weight excluding hydrogens is 438 g/mol. The molecule has 1 heterocycles. The van der Waals surface area contributed by atoms with E-state index in [4.69, 9.17) is 9.47 Å². The van der Waals surface area contributed by atoms with Crippen LogP contribution in [0.25, 0.3) is 0 Å². The molecule has 0 bridgehead atoms. The highest BCUT2D eigenvalue weighted by Crippen LogP contribution is 2.42. The third-order valence-corrected chi connectivity index (χ3v) is 6.65. The van der Waals surface area contributed by atoms with E-state index in [9.17, 15) is 9.90 Å². The number of ether oxygens (including phenoxy) is 2. The lowest BCUT2D eigenvalue weighted by Gasteiger charge is -2.25. The molecule has 1 amide bonds. The fraction of sp³-hybridized carbons (Fsp3) is 0.567. The number of unbranched alkanes of at least 4 members (excludes halogenated alkanes) is 2. The molecule has 192 valence electrons. The highest BCUT2D eigenvalue weighted by atomic mass is 16.7. The SMILES string of the molecule is CCCCCC(CC(=O)Nc1cc(CCC(C)(C)O)ccc1C(C)(C)C)c1cccc2c1OCO2. The van der Waals surface area contributed by atoms with Gasteiger partial charge in [-0.15, -0.1) is 0 Å². The molecule has 1 atom stereocenters. The average molecular weight is 482 g/mol. The van der Waals surface area contributed by atoms with Crippen LogP contribution >= 0.6 is 0 Å². The van der Waals surface area contributed by atoms with Crippen molar-refractivity contribution in [2.24, 2.45) is 0 Å².